The van der Waals surface area contributed by atoms with Crippen LogP contribution in [0.5, 0.6) is 5.88 Å². The SMILES string of the molecule is CN=C(NCc1cccnc1OC1CCCC1)N1CCCC2(CNC(=O)C2)C1. The molecule has 1 spiro atoms. The molecule has 28 heavy (non-hydrogen) atoms. The normalized spacial score (nSPS) is 26.0. The van der Waals surface area contributed by atoms with Gasteiger partial charge in [-0.15, -0.1) is 0 Å². The lowest BCUT2D eigenvalue weighted by molar-refractivity contribution is -0.119. The summed E-state index contributed by atoms with van der Waals surface area (Å²) in [6.07, 6.45) is 9.62. The van der Waals surface area contributed by atoms with E-state index < -0.39 is 0 Å². The highest BCUT2D eigenvalue weighted by molar-refractivity contribution is 5.81. The van der Waals surface area contributed by atoms with Gasteiger partial charge in [0.05, 0.1) is 0 Å². The number of guanidine groups is 1. The zero-order chi connectivity index (χ0) is 19.4. The molecular weight excluding hydrogens is 354 g/mol. The summed E-state index contributed by atoms with van der Waals surface area (Å²) in [6.45, 7) is 3.24. The summed E-state index contributed by atoms with van der Waals surface area (Å²) in [5.74, 6) is 1.79. The molecule has 152 valence electrons. The minimum atomic E-state index is 0.0536. The van der Waals surface area contributed by atoms with Crippen LogP contribution in [0.1, 0.15) is 50.5 Å². The number of amides is 1. The van der Waals surface area contributed by atoms with Crippen molar-refractivity contribution >= 4 is 11.9 Å². The summed E-state index contributed by atoms with van der Waals surface area (Å²) in [7, 11) is 1.82. The second kappa shape index (κ2) is 8.37. The summed E-state index contributed by atoms with van der Waals surface area (Å²) < 4.78 is 6.16. The zero-order valence-electron chi connectivity index (χ0n) is 16.7. The Hall–Kier alpha value is -2.31. The largest absolute Gasteiger partial charge is 0.474 e. The Bertz CT molecular complexity index is 731. The number of nitrogens with zero attached hydrogens (tertiary/aromatic N) is 3. The molecule has 0 aromatic carbocycles. The van der Waals surface area contributed by atoms with E-state index in [4.69, 9.17) is 4.74 Å². The Labute approximate surface area is 167 Å². The van der Waals surface area contributed by atoms with Gasteiger partial charge in [-0.05, 0) is 44.6 Å². The first-order valence-corrected chi connectivity index (χ1v) is 10.5. The summed E-state index contributed by atoms with van der Waals surface area (Å²) >= 11 is 0. The van der Waals surface area contributed by atoms with E-state index in [2.05, 4.69) is 31.6 Å². The van der Waals surface area contributed by atoms with Crippen molar-refractivity contribution in [3.05, 3.63) is 23.9 Å². The van der Waals surface area contributed by atoms with Crippen molar-refractivity contribution in [2.45, 2.75) is 57.6 Å². The van der Waals surface area contributed by atoms with E-state index in [1.54, 1.807) is 6.20 Å². The first-order valence-electron chi connectivity index (χ1n) is 10.5. The summed E-state index contributed by atoms with van der Waals surface area (Å²) in [4.78, 5) is 23.0. The smallest absolute Gasteiger partial charge is 0.220 e. The fraction of sp³-hybridized carbons (Fsp3) is 0.667. The summed E-state index contributed by atoms with van der Waals surface area (Å²) in [5, 5.41) is 6.50. The Morgan fingerprint density at radius 2 is 2.29 bits per heavy atom. The van der Waals surface area contributed by atoms with Crippen LogP contribution in [0.3, 0.4) is 0 Å². The molecule has 0 radical (unpaired) electrons. The van der Waals surface area contributed by atoms with Crippen LogP contribution < -0.4 is 15.4 Å². The Morgan fingerprint density at radius 1 is 1.43 bits per heavy atom. The highest BCUT2D eigenvalue weighted by Gasteiger charge is 2.42. The molecule has 7 nitrogen and oxygen atoms in total. The molecule has 1 saturated carbocycles. The third-order valence-corrected chi connectivity index (χ3v) is 6.24. The fourth-order valence-corrected chi connectivity index (χ4v) is 4.76. The number of likely N-dealkylation sites (tertiary alicyclic amines) is 1. The van der Waals surface area contributed by atoms with Crippen molar-refractivity contribution in [2.75, 3.05) is 26.7 Å². The van der Waals surface area contributed by atoms with Crippen LogP contribution in [0.2, 0.25) is 0 Å². The third kappa shape index (κ3) is 4.23. The highest BCUT2D eigenvalue weighted by atomic mass is 16.5. The van der Waals surface area contributed by atoms with Crippen molar-refractivity contribution in [2.24, 2.45) is 10.4 Å². The molecule has 1 aromatic rings. The molecule has 4 rings (SSSR count). The van der Waals surface area contributed by atoms with Crippen LogP contribution in [0, 0.1) is 5.41 Å². The monoisotopic (exact) mass is 385 g/mol. The van der Waals surface area contributed by atoms with Gasteiger partial charge in [-0.2, -0.15) is 0 Å². The van der Waals surface area contributed by atoms with Gasteiger partial charge >= 0.3 is 0 Å². The topological polar surface area (TPSA) is 78.9 Å². The lowest BCUT2D eigenvalue weighted by atomic mass is 9.79. The van der Waals surface area contributed by atoms with Gasteiger partial charge in [-0.1, -0.05) is 6.07 Å². The zero-order valence-corrected chi connectivity index (χ0v) is 16.7. The van der Waals surface area contributed by atoms with Gasteiger partial charge < -0.3 is 20.3 Å². The number of ether oxygens (including phenoxy) is 1. The number of aromatic nitrogens is 1. The van der Waals surface area contributed by atoms with Crippen molar-refractivity contribution in [3.8, 4) is 5.88 Å². The van der Waals surface area contributed by atoms with Gasteiger partial charge in [-0.25, -0.2) is 4.98 Å². The maximum absolute atomic E-state index is 11.8. The molecule has 2 saturated heterocycles. The molecule has 7 heteroatoms. The van der Waals surface area contributed by atoms with Crippen molar-refractivity contribution in [1.82, 2.24) is 20.5 Å². The molecule has 1 unspecified atom stereocenters. The molecule has 2 N–H and O–H groups in total. The second-order valence-corrected chi connectivity index (χ2v) is 8.37. The molecule has 1 amide bonds. The van der Waals surface area contributed by atoms with Crippen LogP contribution in [0.15, 0.2) is 23.3 Å². The number of nitrogens with one attached hydrogen (secondary N) is 2. The van der Waals surface area contributed by atoms with Crippen molar-refractivity contribution in [3.63, 3.8) is 0 Å². The number of carbonyl (C=O) groups is 1. The van der Waals surface area contributed by atoms with Crippen molar-refractivity contribution in [1.29, 1.82) is 0 Å². The van der Waals surface area contributed by atoms with Crippen LogP contribution in [-0.4, -0.2) is 54.5 Å². The lowest BCUT2D eigenvalue weighted by Gasteiger charge is -2.40. The van der Waals surface area contributed by atoms with Gasteiger partial charge in [0.15, 0.2) is 5.96 Å². The van der Waals surface area contributed by atoms with Crippen LogP contribution in [0.4, 0.5) is 0 Å². The molecule has 3 aliphatic rings. The molecule has 1 atom stereocenters. The van der Waals surface area contributed by atoms with E-state index in [9.17, 15) is 4.79 Å². The van der Waals surface area contributed by atoms with E-state index in [1.807, 2.05) is 13.1 Å². The molecule has 3 fully saturated rings. The number of carbonyl (C=O) groups excluding carboxylic acids is 1. The predicted molar refractivity (Wildman–Crippen MR) is 108 cm³/mol. The average molecular weight is 386 g/mol. The summed E-state index contributed by atoms with van der Waals surface area (Å²) in [6, 6.07) is 4.02. The van der Waals surface area contributed by atoms with Gasteiger partial charge in [0.2, 0.25) is 11.8 Å². The second-order valence-electron chi connectivity index (χ2n) is 8.37. The molecule has 2 aliphatic heterocycles. The maximum Gasteiger partial charge on any atom is 0.220 e. The van der Waals surface area contributed by atoms with Crippen LogP contribution >= 0.6 is 0 Å². The number of aliphatic imine (C=N–C) groups is 1. The fourth-order valence-electron chi connectivity index (χ4n) is 4.76. The minimum Gasteiger partial charge on any atom is -0.474 e. The number of pyridine rings is 1. The van der Waals surface area contributed by atoms with Crippen LogP contribution in [0.25, 0.3) is 0 Å². The molecule has 3 heterocycles. The maximum atomic E-state index is 11.8. The average Bonchev–Trinajstić information content (AvgIpc) is 3.34. The quantitative estimate of drug-likeness (QED) is 0.613. The minimum absolute atomic E-state index is 0.0536. The Kier molecular flexibility index (Phi) is 5.69. The van der Waals surface area contributed by atoms with Crippen molar-refractivity contribution < 1.29 is 9.53 Å². The molecule has 1 aromatic heterocycles. The van der Waals surface area contributed by atoms with Gasteiger partial charge in [-0.3, -0.25) is 9.79 Å². The number of rotatable bonds is 4. The van der Waals surface area contributed by atoms with Crippen LogP contribution in [-0.2, 0) is 11.3 Å². The van der Waals surface area contributed by atoms with Gasteiger partial charge in [0.25, 0.3) is 0 Å². The number of hydrogen-bond donors (Lipinski definition) is 2. The molecule has 1 aliphatic carbocycles. The van der Waals surface area contributed by atoms with E-state index in [1.165, 1.54) is 12.8 Å². The van der Waals surface area contributed by atoms with E-state index >= 15 is 0 Å². The summed E-state index contributed by atoms with van der Waals surface area (Å²) in [5.41, 5.74) is 1.11. The Morgan fingerprint density at radius 3 is 3.04 bits per heavy atom. The number of piperidine rings is 1. The predicted octanol–water partition coefficient (Wildman–Crippen LogP) is 2.08. The van der Waals surface area contributed by atoms with Gasteiger partial charge in [0, 0.05) is 56.8 Å². The van der Waals surface area contributed by atoms with Gasteiger partial charge in [0.1, 0.15) is 6.10 Å². The third-order valence-electron chi connectivity index (χ3n) is 6.24. The standard InChI is InChI=1S/C21H31N5O2/c1-22-20(26-11-5-9-21(15-26)12-18(27)25-14-21)24-13-16-6-4-10-23-19(16)28-17-7-2-3-8-17/h4,6,10,17H,2-3,5,7-9,11-15H2,1H3,(H,22,24)(H,25,27). The molecular formula is C21H31N5O2. The van der Waals surface area contributed by atoms with E-state index in [-0.39, 0.29) is 11.3 Å². The van der Waals surface area contributed by atoms with E-state index in [0.29, 0.717) is 19.1 Å². The lowest BCUT2D eigenvalue weighted by Crippen LogP contribution is -2.51. The first kappa shape index (κ1) is 19.0. The molecule has 0 bridgehead atoms. The highest BCUT2D eigenvalue weighted by Crippen LogP contribution is 2.36. The van der Waals surface area contributed by atoms with E-state index in [0.717, 1.165) is 62.7 Å². The first-order chi connectivity index (χ1) is 13.7. The number of hydrogen-bond acceptors (Lipinski definition) is 4. The Balaban J connectivity index is 1.39.